The summed E-state index contributed by atoms with van der Waals surface area (Å²) in [6.07, 6.45) is 3.64. The highest BCUT2D eigenvalue weighted by Gasteiger charge is 2.40. The molecule has 2 heterocycles. The number of piperidine rings is 1. The molecule has 13 heavy (non-hydrogen) atoms. The van der Waals surface area contributed by atoms with E-state index in [1.165, 1.54) is 12.8 Å². The van der Waals surface area contributed by atoms with Gasteiger partial charge in [-0.3, -0.25) is 9.69 Å². The molecule has 0 N–H and O–H groups in total. The summed E-state index contributed by atoms with van der Waals surface area (Å²) >= 11 is 1.82. The molecule has 0 aliphatic carbocycles. The van der Waals surface area contributed by atoms with Crippen LogP contribution in [0, 0.1) is 0 Å². The molecule has 0 radical (unpaired) electrons. The number of fused-ring (bicyclic) bond motifs is 1. The summed E-state index contributed by atoms with van der Waals surface area (Å²) in [4.78, 5) is 14.3. The molecule has 2 nitrogen and oxygen atoms in total. The average molecular weight is 199 g/mol. The smallest absolute Gasteiger partial charge is 0.164 e. The third-order valence-corrected chi connectivity index (χ3v) is 4.14. The molecule has 0 saturated carbocycles. The summed E-state index contributed by atoms with van der Waals surface area (Å²) in [5, 5.41) is 0.285. The lowest BCUT2D eigenvalue weighted by atomic mass is 10.0. The van der Waals surface area contributed by atoms with Crippen molar-refractivity contribution < 1.29 is 4.79 Å². The zero-order valence-corrected chi connectivity index (χ0v) is 8.98. The Morgan fingerprint density at radius 2 is 2.38 bits per heavy atom. The Kier molecular flexibility index (Phi) is 2.94. The van der Waals surface area contributed by atoms with Gasteiger partial charge < -0.3 is 0 Å². The zero-order chi connectivity index (χ0) is 9.26. The van der Waals surface area contributed by atoms with Crippen molar-refractivity contribution in [3.8, 4) is 0 Å². The van der Waals surface area contributed by atoms with Gasteiger partial charge in [0.2, 0.25) is 0 Å². The lowest BCUT2D eigenvalue weighted by Crippen LogP contribution is -2.37. The second kappa shape index (κ2) is 4.01. The molecule has 0 bridgehead atoms. The Labute approximate surface area is 84.1 Å². The summed E-state index contributed by atoms with van der Waals surface area (Å²) in [7, 11) is 0. The van der Waals surface area contributed by atoms with E-state index >= 15 is 0 Å². The van der Waals surface area contributed by atoms with Crippen LogP contribution < -0.4 is 0 Å². The molecule has 0 amide bonds. The minimum absolute atomic E-state index is 0.285. The number of hydrogen-bond acceptors (Lipinski definition) is 3. The van der Waals surface area contributed by atoms with Crippen molar-refractivity contribution in [1.29, 1.82) is 0 Å². The number of Topliss-reactive ketones (excluding diaryl/α,β-unsaturated/α-hetero) is 1. The topological polar surface area (TPSA) is 20.3 Å². The van der Waals surface area contributed by atoms with Gasteiger partial charge in [-0.25, -0.2) is 0 Å². The van der Waals surface area contributed by atoms with Gasteiger partial charge in [0.25, 0.3) is 0 Å². The van der Waals surface area contributed by atoms with Crippen LogP contribution >= 0.6 is 11.8 Å². The highest BCUT2D eigenvalue weighted by molar-refractivity contribution is 8.00. The van der Waals surface area contributed by atoms with Crippen LogP contribution in [0.5, 0.6) is 0 Å². The molecular weight excluding hydrogens is 182 g/mol. The Balaban J connectivity index is 2.01. The number of ketones is 1. The lowest BCUT2D eigenvalue weighted by Gasteiger charge is -2.27. The molecule has 2 rings (SSSR count). The van der Waals surface area contributed by atoms with Gasteiger partial charge in [0.05, 0.1) is 11.3 Å². The van der Waals surface area contributed by atoms with Gasteiger partial charge in [0.15, 0.2) is 5.78 Å². The van der Waals surface area contributed by atoms with Gasteiger partial charge in [-0.1, -0.05) is 13.3 Å². The van der Waals surface area contributed by atoms with Crippen LogP contribution in [-0.2, 0) is 4.79 Å². The molecule has 0 aromatic heterocycles. The summed E-state index contributed by atoms with van der Waals surface area (Å²) in [5.41, 5.74) is 0. The maximum absolute atomic E-state index is 11.9. The molecule has 2 saturated heterocycles. The number of thioether (sulfide) groups is 1. The predicted octanol–water partition coefficient (Wildman–Crippen LogP) is 1.55. The molecule has 74 valence electrons. The van der Waals surface area contributed by atoms with E-state index in [0.717, 1.165) is 25.3 Å². The number of nitrogens with zero attached hydrogens (tertiary/aromatic N) is 1. The first-order valence-electron chi connectivity index (χ1n) is 5.22. The monoisotopic (exact) mass is 199 g/mol. The van der Waals surface area contributed by atoms with Crippen LogP contribution in [0.25, 0.3) is 0 Å². The van der Waals surface area contributed by atoms with Gasteiger partial charge in [0, 0.05) is 6.54 Å². The molecule has 0 spiro atoms. The van der Waals surface area contributed by atoms with Crippen molar-refractivity contribution in [2.24, 2.45) is 0 Å². The highest BCUT2D eigenvalue weighted by atomic mass is 32.2. The van der Waals surface area contributed by atoms with E-state index in [-0.39, 0.29) is 11.3 Å². The minimum Gasteiger partial charge on any atom is -0.297 e. The number of hydrogen-bond donors (Lipinski definition) is 0. The average Bonchev–Trinajstić information content (AvgIpc) is 2.46. The quantitative estimate of drug-likeness (QED) is 0.673. The van der Waals surface area contributed by atoms with Crippen LogP contribution in [0.15, 0.2) is 0 Å². The Hall–Kier alpha value is -0.0200. The van der Waals surface area contributed by atoms with Gasteiger partial charge in [-0.2, -0.15) is 0 Å². The second-order valence-corrected chi connectivity index (χ2v) is 5.33. The van der Waals surface area contributed by atoms with E-state index in [1.54, 1.807) is 0 Å². The summed E-state index contributed by atoms with van der Waals surface area (Å²) in [6, 6.07) is 0.290. The van der Waals surface area contributed by atoms with Gasteiger partial charge in [-0.15, -0.1) is 11.8 Å². The van der Waals surface area contributed by atoms with Crippen molar-refractivity contribution in [2.75, 3.05) is 18.8 Å². The summed E-state index contributed by atoms with van der Waals surface area (Å²) < 4.78 is 0. The van der Waals surface area contributed by atoms with Crippen molar-refractivity contribution in [3.63, 3.8) is 0 Å². The fraction of sp³-hybridized carbons (Fsp3) is 0.900. The van der Waals surface area contributed by atoms with Crippen molar-refractivity contribution in [1.82, 2.24) is 4.90 Å². The van der Waals surface area contributed by atoms with Crippen molar-refractivity contribution in [2.45, 2.75) is 37.5 Å². The van der Waals surface area contributed by atoms with Crippen LogP contribution in [0.3, 0.4) is 0 Å². The molecule has 2 aliphatic heterocycles. The van der Waals surface area contributed by atoms with Crippen LogP contribution in [0.4, 0.5) is 0 Å². The lowest BCUT2D eigenvalue weighted by molar-refractivity contribution is -0.120. The Morgan fingerprint density at radius 1 is 1.54 bits per heavy atom. The predicted molar refractivity (Wildman–Crippen MR) is 56.1 cm³/mol. The highest BCUT2D eigenvalue weighted by Crippen LogP contribution is 2.30. The first kappa shape index (κ1) is 9.53. The number of carbonyl (C=O) groups is 1. The maximum atomic E-state index is 11.9. The minimum atomic E-state index is 0.285. The first-order valence-corrected chi connectivity index (χ1v) is 6.27. The maximum Gasteiger partial charge on any atom is 0.164 e. The molecular formula is C10H17NOS. The van der Waals surface area contributed by atoms with Crippen LogP contribution in [0.1, 0.15) is 26.2 Å². The zero-order valence-electron chi connectivity index (χ0n) is 8.16. The van der Waals surface area contributed by atoms with E-state index in [9.17, 15) is 4.79 Å². The van der Waals surface area contributed by atoms with Crippen molar-refractivity contribution in [3.05, 3.63) is 0 Å². The molecule has 0 unspecified atom stereocenters. The molecule has 0 aromatic carbocycles. The second-order valence-electron chi connectivity index (χ2n) is 3.85. The third kappa shape index (κ3) is 1.77. The molecule has 0 aromatic rings. The molecule has 2 aliphatic rings. The molecule has 2 fully saturated rings. The number of carbonyl (C=O) groups excluding carboxylic acids is 1. The standard InChI is InChI=1S/C10H17NOS/c1-2-13-9-7-11-6-4-3-5-8(11)10(9)12/h8-9H,2-7H2,1H3/t8-,9-/m0/s1. The largest absolute Gasteiger partial charge is 0.297 e. The third-order valence-electron chi connectivity index (χ3n) is 3.03. The van der Waals surface area contributed by atoms with Crippen LogP contribution in [0.2, 0.25) is 0 Å². The van der Waals surface area contributed by atoms with Crippen LogP contribution in [-0.4, -0.2) is 40.8 Å². The molecule has 2 atom stereocenters. The first-order chi connectivity index (χ1) is 6.33. The van der Waals surface area contributed by atoms with E-state index < -0.39 is 0 Å². The Bertz CT molecular complexity index is 207. The fourth-order valence-corrected chi connectivity index (χ4v) is 3.41. The van der Waals surface area contributed by atoms with Gasteiger partial charge in [0.1, 0.15) is 0 Å². The van der Waals surface area contributed by atoms with E-state index in [0.29, 0.717) is 5.78 Å². The fourth-order valence-electron chi connectivity index (χ4n) is 2.39. The molecule has 3 heteroatoms. The van der Waals surface area contributed by atoms with Gasteiger partial charge >= 0.3 is 0 Å². The number of rotatable bonds is 2. The SMILES string of the molecule is CCS[C@H]1CN2CCCC[C@H]2C1=O. The normalized spacial score (nSPS) is 35.0. The Morgan fingerprint density at radius 3 is 3.08 bits per heavy atom. The van der Waals surface area contributed by atoms with Gasteiger partial charge in [-0.05, 0) is 25.1 Å². The van der Waals surface area contributed by atoms with E-state index in [2.05, 4.69) is 11.8 Å². The summed E-state index contributed by atoms with van der Waals surface area (Å²) in [5.74, 6) is 1.57. The van der Waals surface area contributed by atoms with E-state index in [4.69, 9.17) is 0 Å². The van der Waals surface area contributed by atoms with Crippen molar-refractivity contribution >= 4 is 17.5 Å². The van der Waals surface area contributed by atoms with E-state index in [1.807, 2.05) is 11.8 Å². The summed E-state index contributed by atoms with van der Waals surface area (Å²) in [6.45, 7) is 4.30.